The van der Waals surface area contributed by atoms with Crippen LogP contribution in [0.25, 0.3) is 0 Å². The highest BCUT2D eigenvalue weighted by Crippen LogP contribution is 2.43. The minimum absolute atomic E-state index is 0.00390. The lowest BCUT2D eigenvalue weighted by molar-refractivity contribution is 0.0567. The predicted molar refractivity (Wildman–Crippen MR) is 83.1 cm³/mol. The lowest BCUT2D eigenvalue weighted by Gasteiger charge is -2.33. The van der Waals surface area contributed by atoms with E-state index in [1.165, 1.54) is 25.7 Å². The van der Waals surface area contributed by atoms with Gasteiger partial charge in [0.25, 0.3) is 0 Å². The minimum Gasteiger partial charge on any atom is -0.478 e. The number of nitrogens with zero attached hydrogens (tertiary/aromatic N) is 1. The van der Waals surface area contributed by atoms with Crippen LogP contribution in [-0.2, 0) is 6.54 Å². The standard InChI is InChI=1S/C18H21NO3/c1-11(2)17-16(20)13-7-8-15-14(18(13)22-17)9-19(10-21-15)12-5-3-4-6-12/h7-8,12H,3-6,9-10H2,1-2H3. The summed E-state index contributed by atoms with van der Waals surface area (Å²) in [4.78, 5) is 14.8. The van der Waals surface area contributed by atoms with Gasteiger partial charge in [-0.2, -0.15) is 0 Å². The van der Waals surface area contributed by atoms with Crippen LogP contribution < -0.4 is 9.47 Å². The highest BCUT2D eigenvalue weighted by atomic mass is 16.5. The Bertz CT molecular complexity index is 667. The van der Waals surface area contributed by atoms with E-state index >= 15 is 0 Å². The van der Waals surface area contributed by atoms with E-state index in [0.717, 1.165) is 23.4 Å². The summed E-state index contributed by atoms with van der Waals surface area (Å²) in [5.74, 6) is 2.04. The molecule has 0 amide bonds. The van der Waals surface area contributed by atoms with Gasteiger partial charge in [-0.15, -0.1) is 0 Å². The first kappa shape index (κ1) is 13.8. The number of rotatable bonds is 1. The van der Waals surface area contributed by atoms with Crippen LogP contribution in [0.2, 0.25) is 0 Å². The largest absolute Gasteiger partial charge is 0.478 e. The topological polar surface area (TPSA) is 38.8 Å². The van der Waals surface area contributed by atoms with Gasteiger partial charge in [0.05, 0.1) is 11.1 Å². The molecular formula is C18H21NO3. The van der Waals surface area contributed by atoms with Crippen molar-refractivity contribution in [3.05, 3.63) is 34.6 Å². The van der Waals surface area contributed by atoms with Gasteiger partial charge in [-0.05, 0) is 44.4 Å². The van der Waals surface area contributed by atoms with E-state index < -0.39 is 0 Å². The summed E-state index contributed by atoms with van der Waals surface area (Å²) in [6, 6.07) is 4.34. The van der Waals surface area contributed by atoms with E-state index in [2.05, 4.69) is 4.90 Å². The van der Waals surface area contributed by atoms with Crippen LogP contribution in [0.5, 0.6) is 11.5 Å². The molecule has 4 heteroatoms. The van der Waals surface area contributed by atoms with Crippen molar-refractivity contribution in [1.29, 1.82) is 0 Å². The van der Waals surface area contributed by atoms with Crippen molar-refractivity contribution in [2.24, 2.45) is 0 Å². The van der Waals surface area contributed by atoms with Gasteiger partial charge in [-0.1, -0.05) is 12.8 Å². The molecule has 0 bridgehead atoms. The number of hydrogen-bond acceptors (Lipinski definition) is 4. The summed E-state index contributed by atoms with van der Waals surface area (Å²) in [7, 11) is 0. The molecule has 0 aromatic heterocycles. The number of carbonyl (C=O) groups excluding carboxylic acids is 1. The molecule has 1 fully saturated rings. The lowest BCUT2D eigenvalue weighted by Crippen LogP contribution is -2.39. The summed E-state index contributed by atoms with van der Waals surface area (Å²) in [5, 5.41) is 0. The van der Waals surface area contributed by atoms with Gasteiger partial charge in [-0.25, -0.2) is 0 Å². The van der Waals surface area contributed by atoms with Crippen molar-refractivity contribution in [3.8, 4) is 11.5 Å². The molecule has 0 radical (unpaired) electrons. The number of ether oxygens (including phenoxy) is 2. The predicted octanol–water partition coefficient (Wildman–Crippen LogP) is 3.65. The van der Waals surface area contributed by atoms with E-state index in [-0.39, 0.29) is 5.78 Å². The van der Waals surface area contributed by atoms with E-state index in [1.807, 2.05) is 26.0 Å². The molecule has 2 aliphatic heterocycles. The zero-order chi connectivity index (χ0) is 15.3. The monoisotopic (exact) mass is 299 g/mol. The van der Waals surface area contributed by atoms with Crippen molar-refractivity contribution < 1.29 is 14.3 Å². The quantitative estimate of drug-likeness (QED) is 0.742. The molecular weight excluding hydrogens is 278 g/mol. The van der Waals surface area contributed by atoms with E-state index in [0.29, 0.717) is 29.8 Å². The lowest BCUT2D eigenvalue weighted by atomic mass is 10.0. The van der Waals surface area contributed by atoms with Crippen LogP contribution in [0.4, 0.5) is 0 Å². The average molecular weight is 299 g/mol. The maximum atomic E-state index is 12.4. The molecule has 0 atom stereocenters. The minimum atomic E-state index is -0.00390. The van der Waals surface area contributed by atoms with Crippen molar-refractivity contribution in [2.45, 2.75) is 52.1 Å². The second kappa shape index (κ2) is 5.13. The fourth-order valence-electron chi connectivity index (χ4n) is 3.70. The van der Waals surface area contributed by atoms with E-state index in [4.69, 9.17) is 9.47 Å². The molecule has 1 aliphatic carbocycles. The normalized spacial score (nSPS) is 21.4. The molecule has 0 unspecified atom stereocenters. The number of benzene rings is 1. The Morgan fingerprint density at radius 2 is 2.00 bits per heavy atom. The first-order valence-corrected chi connectivity index (χ1v) is 8.08. The Morgan fingerprint density at radius 1 is 1.23 bits per heavy atom. The second-order valence-corrected chi connectivity index (χ2v) is 6.64. The fourth-order valence-corrected chi connectivity index (χ4v) is 3.70. The SMILES string of the molecule is CC(C)=C1Oc2c(ccc3c2CN(C2CCCC2)CO3)C1=O. The second-order valence-electron chi connectivity index (χ2n) is 6.64. The third kappa shape index (κ3) is 2.05. The molecule has 22 heavy (non-hydrogen) atoms. The van der Waals surface area contributed by atoms with Crippen LogP contribution in [0.15, 0.2) is 23.5 Å². The van der Waals surface area contributed by atoms with Gasteiger partial charge in [0, 0.05) is 12.6 Å². The number of allylic oxidation sites excluding steroid dienone is 2. The molecule has 4 rings (SSSR count). The molecule has 0 spiro atoms. The number of Topliss-reactive ketones (excluding diaryl/α,β-unsaturated/α-hetero) is 1. The molecule has 1 aromatic rings. The Labute approximate surface area is 130 Å². The summed E-state index contributed by atoms with van der Waals surface area (Å²) >= 11 is 0. The number of carbonyl (C=O) groups is 1. The molecule has 4 nitrogen and oxygen atoms in total. The van der Waals surface area contributed by atoms with Crippen molar-refractivity contribution in [1.82, 2.24) is 4.90 Å². The molecule has 0 saturated heterocycles. The number of hydrogen-bond donors (Lipinski definition) is 0. The molecule has 1 saturated carbocycles. The highest BCUT2D eigenvalue weighted by molar-refractivity contribution is 6.13. The smallest absolute Gasteiger partial charge is 0.231 e. The third-order valence-corrected chi connectivity index (χ3v) is 4.91. The molecule has 2 heterocycles. The van der Waals surface area contributed by atoms with E-state index in [9.17, 15) is 4.79 Å². The Kier molecular flexibility index (Phi) is 3.22. The fraction of sp³-hybridized carbons (Fsp3) is 0.500. The molecule has 1 aromatic carbocycles. The number of fused-ring (bicyclic) bond motifs is 3. The van der Waals surface area contributed by atoms with Crippen molar-refractivity contribution in [2.75, 3.05) is 6.73 Å². The van der Waals surface area contributed by atoms with Gasteiger partial charge in [0.1, 0.15) is 18.2 Å². The third-order valence-electron chi connectivity index (χ3n) is 4.91. The van der Waals surface area contributed by atoms with Gasteiger partial charge in [0.15, 0.2) is 5.76 Å². The molecule has 3 aliphatic rings. The van der Waals surface area contributed by atoms with Crippen LogP contribution in [0.1, 0.15) is 55.5 Å². The summed E-state index contributed by atoms with van der Waals surface area (Å²) < 4.78 is 11.8. The van der Waals surface area contributed by atoms with Crippen molar-refractivity contribution in [3.63, 3.8) is 0 Å². The van der Waals surface area contributed by atoms with Crippen molar-refractivity contribution >= 4 is 5.78 Å². The van der Waals surface area contributed by atoms with Gasteiger partial charge in [-0.3, -0.25) is 9.69 Å². The Morgan fingerprint density at radius 3 is 2.73 bits per heavy atom. The first-order chi connectivity index (χ1) is 10.6. The van der Waals surface area contributed by atoms with Gasteiger partial charge >= 0.3 is 0 Å². The van der Waals surface area contributed by atoms with E-state index in [1.54, 1.807) is 0 Å². The first-order valence-electron chi connectivity index (χ1n) is 8.08. The number of ketones is 1. The van der Waals surface area contributed by atoms with Crippen LogP contribution >= 0.6 is 0 Å². The summed E-state index contributed by atoms with van der Waals surface area (Å²) in [6.07, 6.45) is 5.09. The van der Waals surface area contributed by atoms with Crippen LogP contribution in [0.3, 0.4) is 0 Å². The summed E-state index contributed by atoms with van der Waals surface area (Å²) in [6.45, 7) is 5.27. The van der Waals surface area contributed by atoms with Crippen LogP contribution in [0, 0.1) is 0 Å². The summed E-state index contributed by atoms with van der Waals surface area (Å²) in [5.41, 5.74) is 2.62. The van der Waals surface area contributed by atoms with Crippen LogP contribution in [-0.4, -0.2) is 23.5 Å². The highest BCUT2D eigenvalue weighted by Gasteiger charge is 2.35. The Hall–Kier alpha value is -1.81. The van der Waals surface area contributed by atoms with Gasteiger partial charge < -0.3 is 9.47 Å². The van der Waals surface area contributed by atoms with Gasteiger partial charge in [0.2, 0.25) is 5.78 Å². The average Bonchev–Trinajstić information content (AvgIpc) is 3.15. The zero-order valence-corrected chi connectivity index (χ0v) is 13.1. The zero-order valence-electron chi connectivity index (χ0n) is 13.1. The Balaban J connectivity index is 1.71. The molecule has 116 valence electrons. The molecule has 0 N–H and O–H groups in total. The maximum absolute atomic E-state index is 12.4. The maximum Gasteiger partial charge on any atom is 0.231 e.